The molecule has 0 aliphatic carbocycles. The van der Waals surface area contributed by atoms with Crippen LogP contribution in [0, 0.1) is 0 Å². The van der Waals surface area contributed by atoms with E-state index in [-0.39, 0.29) is 16.8 Å². The smallest absolute Gasteiger partial charge is 0.264 e. The third kappa shape index (κ3) is 4.14. The topological polar surface area (TPSA) is 75.7 Å². The van der Waals surface area contributed by atoms with Crippen LogP contribution in [0.1, 0.15) is 34.5 Å². The Morgan fingerprint density at radius 3 is 2.42 bits per heavy atom. The van der Waals surface area contributed by atoms with Gasteiger partial charge < -0.3 is 10.1 Å². The highest BCUT2D eigenvalue weighted by Crippen LogP contribution is 2.33. The van der Waals surface area contributed by atoms with E-state index in [0.717, 1.165) is 16.9 Å². The summed E-state index contributed by atoms with van der Waals surface area (Å²) in [5.41, 5.74) is 2.96. The first kappa shape index (κ1) is 20.9. The number of ether oxygens (including phenoxy) is 1. The van der Waals surface area contributed by atoms with Gasteiger partial charge in [-0.05, 0) is 66.9 Å². The van der Waals surface area contributed by atoms with Gasteiger partial charge in [-0.2, -0.15) is 0 Å². The molecule has 0 spiro atoms. The second kappa shape index (κ2) is 8.43. The molecular formula is C24H24N2O4S. The Labute approximate surface area is 182 Å². The van der Waals surface area contributed by atoms with Gasteiger partial charge in [0.2, 0.25) is 0 Å². The fraction of sp³-hybridized carbons (Fsp3) is 0.208. The van der Waals surface area contributed by atoms with E-state index in [1.165, 1.54) is 4.31 Å². The molecule has 1 heterocycles. The summed E-state index contributed by atoms with van der Waals surface area (Å²) in [4.78, 5) is 13.0. The van der Waals surface area contributed by atoms with Gasteiger partial charge in [0.25, 0.3) is 15.9 Å². The van der Waals surface area contributed by atoms with E-state index in [1.54, 1.807) is 55.6 Å². The molecule has 3 aromatic carbocycles. The summed E-state index contributed by atoms with van der Waals surface area (Å²) in [5, 5.41) is 3.00. The van der Waals surface area contributed by atoms with Crippen LogP contribution >= 0.6 is 0 Å². The number of fused-ring (bicyclic) bond motifs is 1. The van der Waals surface area contributed by atoms with Crippen molar-refractivity contribution >= 4 is 21.6 Å². The van der Waals surface area contributed by atoms with Gasteiger partial charge in [0.1, 0.15) is 5.75 Å². The molecule has 1 aliphatic rings. The molecule has 7 heteroatoms. The predicted octanol–water partition coefficient (Wildman–Crippen LogP) is 3.94. The average Bonchev–Trinajstić information content (AvgIpc) is 3.24. The second-order valence-corrected chi connectivity index (χ2v) is 9.31. The zero-order valence-corrected chi connectivity index (χ0v) is 18.2. The summed E-state index contributed by atoms with van der Waals surface area (Å²) in [6.45, 7) is 2.28. The van der Waals surface area contributed by atoms with Gasteiger partial charge in [-0.1, -0.05) is 30.3 Å². The molecular weight excluding hydrogens is 412 g/mol. The Morgan fingerprint density at radius 2 is 1.74 bits per heavy atom. The Bertz CT molecular complexity index is 1190. The summed E-state index contributed by atoms with van der Waals surface area (Å²) in [6, 6.07) is 20.9. The van der Waals surface area contributed by atoms with E-state index >= 15 is 0 Å². The van der Waals surface area contributed by atoms with Crippen molar-refractivity contribution in [3.05, 3.63) is 89.5 Å². The molecule has 4 rings (SSSR count). The van der Waals surface area contributed by atoms with Crippen molar-refractivity contribution in [1.82, 2.24) is 5.32 Å². The van der Waals surface area contributed by atoms with Crippen molar-refractivity contribution < 1.29 is 17.9 Å². The maximum Gasteiger partial charge on any atom is 0.264 e. The lowest BCUT2D eigenvalue weighted by molar-refractivity contribution is 0.0940. The zero-order valence-electron chi connectivity index (χ0n) is 17.4. The minimum absolute atomic E-state index is 0.179. The minimum Gasteiger partial charge on any atom is -0.497 e. The average molecular weight is 437 g/mol. The first-order valence-electron chi connectivity index (χ1n) is 10.1. The molecule has 1 amide bonds. The summed E-state index contributed by atoms with van der Waals surface area (Å²) in [6.07, 6.45) is 0.566. The van der Waals surface area contributed by atoms with E-state index in [2.05, 4.69) is 5.32 Å². The van der Waals surface area contributed by atoms with Crippen LogP contribution in [0.3, 0.4) is 0 Å². The summed E-state index contributed by atoms with van der Waals surface area (Å²) >= 11 is 0. The van der Waals surface area contributed by atoms with Crippen molar-refractivity contribution in [2.24, 2.45) is 0 Å². The number of hydrogen-bond donors (Lipinski definition) is 1. The van der Waals surface area contributed by atoms with Crippen LogP contribution in [-0.4, -0.2) is 28.0 Å². The molecule has 1 N–H and O–H groups in total. The summed E-state index contributed by atoms with van der Waals surface area (Å²) in [7, 11) is -2.01. The van der Waals surface area contributed by atoms with Crippen LogP contribution < -0.4 is 14.4 Å². The fourth-order valence-corrected chi connectivity index (χ4v) is 5.26. The lowest BCUT2D eigenvalue weighted by Gasteiger charge is -2.20. The van der Waals surface area contributed by atoms with Crippen LogP contribution in [0.25, 0.3) is 0 Å². The van der Waals surface area contributed by atoms with Crippen molar-refractivity contribution in [2.75, 3.05) is 18.0 Å². The minimum atomic E-state index is -3.62. The van der Waals surface area contributed by atoms with Crippen molar-refractivity contribution in [3.63, 3.8) is 0 Å². The molecule has 0 aromatic heterocycles. The van der Waals surface area contributed by atoms with Gasteiger partial charge >= 0.3 is 0 Å². The highest BCUT2D eigenvalue weighted by Gasteiger charge is 2.31. The van der Waals surface area contributed by atoms with Crippen molar-refractivity contribution in [1.29, 1.82) is 0 Å². The summed E-state index contributed by atoms with van der Waals surface area (Å²) in [5.74, 6) is 0.561. The summed E-state index contributed by atoms with van der Waals surface area (Å²) < 4.78 is 32.6. The quantitative estimate of drug-likeness (QED) is 0.635. The molecule has 0 saturated carbocycles. The van der Waals surface area contributed by atoms with Gasteiger partial charge in [-0.3, -0.25) is 9.10 Å². The SMILES string of the molecule is COc1ccc([C@@H](C)NC(=O)c2ccc3c(c2)CCN3S(=O)(=O)c2ccccc2)cc1. The van der Waals surface area contributed by atoms with E-state index < -0.39 is 10.0 Å². The number of carbonyl (C=O) groups is 1. The first-order valence-corrected chi connectivity index (χ1v) is 11.5. The number of methoxy groups -OCH3 is 1. The second-order valence-electron chi connectivity index (χ2n) is 7.45. The molecule has 160 valence electrons. The van der Waals surface area contributed by atoms with E-state index in [4.69, 9.17) is 4.74 Å². The Kier molecular flexibility index (Phi) is 5.69. The molecule has 1 aliphatic heterocycles. The number of benzene rings is 3. The van der Waals surface area contributed by atoms with Gasteiger partial charge in [0, 0.05) is 12.1 Å². The molecule has 1 atom stereocenters. The lowest BCUT2D eigenvalue weighted by Crippen LogP contribution is -2.29. The highest BCUT2D eigenvalue weighted by atomic mass is 32.2. The molecule has 6 nitrogen and oxygen atoms in total. The number of sulfonamides is 1. The van der Waals surface area contributed by atoms with Crippen LogP contribution in [0.5, 0.6) is 5.75 Å². The van der Waals surface area contributed by atoms with Crippen LogP contribution in [-0.2, 0) is 16.4 Å². The molecule has 0 saturated heterocycles. The Balaban J connectivity index is 1.51. The van der Waals surface area contributed by atoms with Crippen LogP contribution in [0.15, 0.2) is 77.7 Å². The third-order valence-corrected chi connectivity index (χ3v) is 7.32. The predicted molar refractivity (Wildman–Crippen MR) is 120 cm³/mol. The van der Waals surface area contributed by atoms with E-state index in [0.29, 0.717) is 24.2 Å². The van der Waals surface area contributed by atoms with E-state index in [9.17, 15) is 13.2 Å². The van der Waals surface area contributed by atoms with Gasteiger partial charge in [-0.15, -0.1) is 0 Å². The largest absolute Gasteiger partial charge is 0.497 e. The van der Waals surface area contributed by atoms with E-state index in [1.807, 2.05) is 31.2 Å². The van der Waals surface area contributed by atoms with Crippen molar-refractivity contribution in [3.8, 4) is 5.75 Å². The molecule has 0 fully saturated rings. The third-order valence-electron chi connectivity index (χ3n) is 5.49. The number of carbonyl (C=O) groups excluding carboxylic acids is 1. The molecule has 0 unspecified atom stereocenters. The van der Waals surface area contributed by atoms with Gasteiger partial charge in [0.05, 0.1) is 23.7 Å². The normalized spacial score (nSPS) is 14.1. The standard InChI is InChI=1S/C24H24N2O4S/c1-17(18-8-11-21(30-2)12-9-18)25-24(27)20-10-13-23-19(16-20)14-15-26(23)31(28,29)22-6-4-3-5-7-22/h3-13,16-17H,14-15H2,1-2H3,(H,25,27)/t17-/m1/s1. The van der Waals surface area contributed by atoms with Crippen molar-refractivity contribution in [2.45, 2.75) is 24.3 Å². The van der Waals surface area contributed by atoms with Gasteiger partial charge in [0.15, 0.2) is 0 Å². The number of amides is 1. The lowest BCUT2D eigenvalue weighted by atomic mass is 10.1. The highest BCUT2D eigenvalue weighted by molar-refractivity contribution is 7.92. The Morgan fingerprint density at radius 1 is 1.03 bits per heavy atom. The fourth-order valence-electron chi connectivity index (χ4n) is 3.74. The van der Waals surface area contributed by atoms with Crippen LogP contribution in [0.4, 0.5) is 5.69 Å². The maximum absolute atomic E-state index is 13.0. The monoisotopic (exact) mass is 436 g/mol. The molecule has 0 radical (unpaired) electrons. The number of anilines is 1. The molecule has 0 bridgehead atoms. The number of rotatable bonds is 6. The number of hydrogen-bond acceptors (Lipinski definition) is 4. The first-order chi connectivity index (χ1) is 14.9. The zero-order chi connectivity index (χ0) is 22.0. The number of nitrogens with one attached hydrogen (secondary N) is 1. The molecule has 3 aromatic rings. The maximum atomic E-state index is 13.0. The Hall–Kier alpha value is -3.32. The van der Waals surface area contributed by atoms with Gasteiger partial charge in [-0.25, -0.2) is 8.42 Å². The number of nitrogens with zero attached hydrogens (tertiary/aromatic N) is 1. The molecule has 31 heavy (non-hydrogen) atoms. The van der Waals surface area contributed by atoms with Crippen LogP contribution in [0.2, 0.25) is 0 Å².